The van der Waals surface area contributed by atoms with Gasteiger partial charge in [-0.05, 0) is 74.2 Å². The van der Waals surface area contributed by atoms with Crippen LogP contribution in [0, 0.1) is 19.7 Å². The lowest BCUT2D eigenvalue weighted by atomic mass is 10.1. The van der Waals surface area contributed by atoms with Crippen LogP contribution < -0.4 is 9.62 Å². The van der Waals surface area contributed by atoms with E-state index in [-0.39, 0.29) is 17.3 Å². The van der Waals surface area contributed by atoms with Crippen LogP contribution in [0.25, 0.3) is 0 Å². The van der Waals surface area contributed by atoms with Gasteiger partial charge in [0.25, 0.3) is 10.0 Å². The highest BCUT2D eigenvalue weighted by Crippen LogP contribution is 2.28. The number of amides is 2. The van der Waals surface area contributed by atoms with E-state index < -0.39 is 34.3 Å². The van der Waals surface area contributed by atoms with Crippen LogP contribution in [-0.2, 0) is 26.2 Å². The zero-order chi connectivity index (χ0) is 27.9. The molecule has 0 spiro atoms. The summed E-state index contributed by atoms with van der Waals surface area (Å²) in [7, 11) is -4.13. The number of likely N-dealkylation sites (N-methyl/N-ethyl adjacent to an activating group) is 1. The second kappa shape index (κ2) is 12.7. The average Bonchev–Trinajstić information content (AvgIpc) is 2.90. The van der Waals surface area contributed by atoms with Gasteiger partial charge in [-0.1, -0.05) is 49.4 Å². The van der Waals surface area contributed by atoms with Crippen molar-refractivity contribution in [2.45, 2.75) is 51.6 Å². The lowest BCUT2D eigenvalue weighted by Gasteiger charge is -2.33. The van der Waals surface area contributed by atoms with Gasteiger partial charge in [0, 0.05) is 13.1 Å². The zero-order valence-electron chi connectivity index (χ0n) is 22.1. The summed E-state index contributed by atoms with van der Waals surface area (Å²) in [4.78, 5) is 28.3. The van der Waals surface area contributed by atoms with Gasteiger partial charge < -0.3 is 10.2 Å². The number of hydrogen-bond donors (Lipinski definition) is 1. The molecule has 3 rings (SSSR count). The smallest absolute Gasteiger partial charge is 0.264 e. The standard InChI is InChI=1S/C29H34FN3O4S/c1-5-26(29(35)31-6-2)32(19-23-14-16-24(30)17-15-23)28(34)20-33(27-18-21(3)12-13-22(27)4)38(36,37)25-10-8-7-9-11-25/h7-18,26H,5-6,19-20H2,1-4H3,(H,31,35)/t26-/m0/s1. The van der Waals surface area contributed by atoms with Crippen LogP contribution in [0.4, 0.5) is 10.1 Å². The topological polar surface area (TPSA) is 86.8 Å². The minimum absolute atomic E-state index is 0.0147. The molecule has 2 amide bonds. The Labute approximate surface area is 224 Å². The molecule has 0 radical (unpaired) electrons. The molecule has 202 valence electrons. The third-order valence-corrected chi connectivity index (χ3v) is 8.02. The molecule has 38 heavy (non-hydrogen) atoms. The molecule has 0 fully saturated rings. The van der Waals surface area contributed by atoms with Crippen molar-refractivity contribution in [1.29, 1.82) is 0 Å². The molecule has 3 aromatic rings. The first-order chi connectivity index (χ1) is 18.1. The maximum atomic E-state index is 13.9. The normalized spacial score (nSPS) is 12.0. The molecule has 0 aromatic heterocycles. The summed E-state index contributed by atoms with van der Waals surface area (Å²) in [5, 5.41) is 2.76. The fraction of sp³-hybridized carbons (Fsp3) is 0.310. The Balaban J connectivity index is 2.08. The first-order valence-corrected chi connectivity index (χ1v) is 14.0. The van der Waals surface area contributed by atoms with Gasteiger partial charge in [-0.15, -0.1) is 0 Å². The molecule has 1 atom stereocenters. The van der Waals surface area contributed by atoms with Crippen LogP contribution in [0.3, 0.4) is 0 Å². The second-order valence-electron chi connectivity index (χ2n) is 9.08. The Morgan fingerprint density at radius 2 is 1.61 bits per heavy atom. The zero-order valence-corrected chi connectivity index (χ0v) is 23.0. The number of halogens is 1. The SMILES string of the molecule is CCNC(=O)[C@H](CC)N(Cc1ccc(F)cc1)C(=O)CN(c1cc(C)ccc1C)S(=O)(=O)c1ccccc1. The number of sulfonamides is 1. The van der Waals surface area contributed by atoms with Crippen LogP contribution in [0.5, 0.6) is 0 Å². The van der Waals surface area contributed by atoms with Crippen molar-refractivity contribution in [3.8, 4) is 0 Å². The molecule has 0 unspecified atom stereocenters. The largest absolute Gasteiger partial charge is 0.355 e. The van der Waals surface area contributed by atoms with Crippen molar-refractivity contribution in [2.75, 3.05) is 17.4 Å². The van der Waals surface area contributed by atoms with Crippen molar-refractivity contribution in [2.24, 2.45) is 0 Å². The van der Waals surface area contributed by atoms with Crippen LogP contribution >= 0.6 is 0 Å². The highest BCUT2D eigenvalue weighted by Gasteiger charge is 2.34. The van der Waals surface area contributed by atoms with E-state index in [4.69, 9.17) is 0 Å². The minimum atomic E-state index is -4.13. The molecular formula is C29H34FN3O4S. The first kappa shape index (κ1) is 28.8. The van der Waals surface area contributed by atoms with Crippen LogP contribution in [0.2, 0.25) is 0 Å². The van der Waals surface area contributed by atoms with E-state index in [0.717, 1.165) is 9.87 Å². The minimum Gasteiger partial charge on any atom is -0.355 e. The number of carbonyl (C=O) groups excluding carboxylic acids is 2. The van der Waals surface area contributed by atoms with E-state index in [2.05, 4.69) is 5.32 Å². The third-order valence-electron chi connectivity index (χ3n) is 6.25. The Hall–Kier alpha value is -3.72. The monoisotopic (exact) mass is 539 g/mol. The summed E-state index contributed by atoms with van der Waals surface area (Å²) in [6.07, 6.45) is 0.313. The van der Waals surface area contributed by atoms with E-state index in [0.29, 0.717) is 29.8 Å². The number of aryl methyl sites for hydroxylation is 2. The van der Waals surface area contributed by atoms with Gasteiger partial charge in [-0.3, -0.25) is 13.9 Å². The molecule has 9 heteroatoms. The fourth-order valence-electron chi connectivity index (χ4n) is 4.22. The number of rotatable bonds is 11. The van der Waals surface area contributed by atoms with Gasteiger partial charge in [0.2, 0.25) is 11.8 Å². The van der Waals surface area contributed by atoms with Crippen molar-refractivity contribution in [3.63, 3.8) is 0 Å². The van der Waals surface area contributed by atoms with Crippen LogP contribution in [0.1, 0.15) is 37.0 Å². The molecule has 0 bridgehead atoms. The van der Waals surface area contributed by atoms with Crippen LogP contribution in [0.15, 0.2) is 77.7 Å². The average molecular weight is 540 g/mol. The molecule has 3 aromatic carbocycles. The van der Waals surface area contributed by atoms with E-state index in [1.807, 2.05) is 19.1 Å². The Bertz CT molecular complexity index is 1360. The number of carbonyl (C=O) groups is 2. The third kappa shape index (κ3) is 6.77. The first-order valence-electron chi connectivity index (χ1n) is 12.5. The number of nitrogens with one attached hydrogen (secondary N) is 1. The van der Waals surface area contributed by atoms with E-state index in [1.165, 1.54) is 29.2 Å². The number of nitrogens with zero attached hydrogens (tertiary/aromatic N) is 2. The fourth-order valence-corrected chi connectivity index (χ4v) is 5.71. The predicted octanol–water partition coefficient (Wildman–Crippen LogP) is 4.58. The van der Waals surface area contributed by atoms with Crippen molar-refractivity contribution < 1.29 is 22.4 Å². The summed E-state index contributed by atoms with van der Waals surface area (Å²) >= 11 is 0. The number of hydrogen-bond acceptors (Lipinski definition) is 4. The molecule has 0 aliphatic rings. The highest BCUT2D eigenvalue weighted by atomic mass is 32.2. The lowest BCUT2D eigenvalue weighted by Crippen LogP contribution is -2.52. The summed E-state index contributed by atoms with van der Waals surface area (Å²) in [5.41, 5.74) is 2.52. The van der Waals surface area contributed by atoms with Gasteiger partial charge >= 0.3 is 0 Å². The quantitative estimate of drug-likeness (QED) is 0.387. The predicted molar refractivity (Wildman–Crippen MR) is 147 cm³/mol. The van der Waals surface area contributed by atoms with Crippen LogP contribution in [-0.4, -0.2) is 44.3 Å². The summed E-state index contributed by atoms with van der Waals surface area (Å²) in [6, 6.07) is 18.2. The van der Waals surface area contributed by atoms with Gasteiger partial charge in [0.05, 0.1) is 10.6 Å². The lowest BCUT2D eigenvalue weighted by molar-refractivity contribution is -0.140. The molecule has 0 aliphatic carbocycles. The molecule has 0 saturated carbocycles. The molecular weight excluding hydrogens is 505 g/mol. The van der Waals surface area contributed by atoms with Gasteiger partial charge in [0.15, 0.2) is 0 Å². The van der Waals surface area contributed by atoms with E-state index in [1.54, 1.807) is 57.2 Å². The van der Waals surface area contributed by atoms with Crippen molar-refractivity contribution in [3.05, 3.63) is 95.3 Å². The molecule has 1 N–H and O–H groups in total. The Kier molecular flexibility index (Phi) is 9.63. The maximum absolute atomic E-state index is 13.9. The van der Waals surface area contributed by atoms with E-state index >= 15 is 0 Å². The summed E-state index contributed by atoms with van der Waals surface area (Å²) < 4.78 is 42.4. The Morgan fingerprint density at radius 1 is 0.947 bits per heavy atom. The van der Waals surface area contributed by atoms with Crippen molar-refractivity contribution in [1.82, 2.24) is 10.2 Å². The summed E-state index contributed by atoms with van der Waals surface area (Å²) in [6.45, 7) is 7.08. The Morgan fingerprint density at radius 3 is 2.21 bits per heavy atom. The van der Waals surface area contributed by atoms with Gasteiger partial charge in [-0.25, -0.2) is 12.8 Å². The van der Waals surface area contributed by atoms with Gasteiger partial charge in [0.1, 0.15) is 18.4 Å². The summed E-state index contributed by atoms with van der Waals surface area (Å²) in [5.74, 6) is -1.31. The number of anilines is 1. The van der Waals surface area contributed by atoms with Crippen molar-refractivity contribution >= 4 is 27.5 Å². The highest BCUT2D eigenvalue weighted by molar-refractivity contribution is 7.92. The second-order valence-corrected chi connectivity index (χ2v) is 10.9. The number of benzene rings is 3. The molecule has 0 heterocycles. The molecule has 0 saturated heterocycles. The van der Waals surface area contributed by atoms with E-state index in [9.17, 15) is 22.4 Å². The maximum Gasteiger partial charge on any atom is 0.264 e. The molecule has 7 nitrogen and oxygen atoms in total. The molecule has 0 aliphatic heterocycles. The van der Waals surface area contributed by atoms with Gasteiger partial charge in [-0.2, -0.15) is 0 Å².